The van der Waals surface area contributed by atoms with Gasteiger partial charge in [0.1, 0.15) is 0 Å². The van der Waals surface area contributed by atoms with Crippen LogP contribution in [0.4, 0.5) is 0 Å². The van der Waals surface area contributed by atoms with E-state index in [-0.39, 0.29) is 6.04 Å². The molecule has 4 nitrogen and oxygen atoms in total. The molecule has 0 aromatic rings. The summed E-state index contributed by atoms with van der Waals surface area (Å²) in [5.41, 5.74) is 0. The van der Waals surface area contributed by atoms with Gasteiger partial charge in [0.05, 0.1) is 6.04 Å². The molecular formula is C11H21N3O. The molecule has 0 aromatic carbocycles. The van der Waals surface area contributed by atoms with Crippen LogP contribution in [0.3, 0.4) is 0 Å². The molecule has 2 fully saturated rings. The third-order valence-electron chi connectivity index (χ3n) is 3.39. The normalized spacial score (nSPS) is 29.1. The predicted octanol–water partition coefficient (Wildman–Crippen LogP) is -0.0975. The van der Waals surface area contributed by atoms with Crippen molar-refractivity contribution in [2.24, 2.45) is 0 Å². The van der Waals surface area contributed by atoms with Crippen LogP contribution >= 0.6 is 0 Å². The second-order valence-electron chi connectivity index (χ2n) is 4.63. The fourth-order valence-corrected chi connectivity index (χ4v) is 2.38. The molecule has 1 atom stereocenters. The number of rotatable bonds is 1. The highest BCUT2D eigenvalue weighted by Crippen LogP contribution is 2.10. The van der Waals surface area contributed by atoms with E-state index in [1.807, 2.05) is 4.90 Å². The van der Waals surface area contributed by atoms with Gasteiger partial charge in [-0.05, 0) is 39.4 Å². The lowest BCUT2D eigenvalue weighted by molar-refractivity contribution is -0.132. The highest BCUT2D eigenvalue weighted by atomic mass is 16.2. The highest BCUT2D eigenvalue weighted by molar-refractivity contribution is 5.82. The third kappa shape index (κ3) is 2.69. The van der Waals surface area contributed by atoms with Gasteiger partial charge >= 0.3 is 0 Å². The van der Waals surface area contributed by atoms with Crippen LogP contribution in [0, 0.1) is 0 Å². The van der Waals surface area contributed by atoms with Crippen molar-refractivity contribution in [3.8, 4) is 0 Å². The van der Waals surface area contributed by atoms with E-state index in [2.05, 4.69) is 17.3 Å². The summed E-state index contributed by atoms with van der Waals surface area (Å²) in [4.78, 5) is 16.4. The molecule has 0 spiro atoms. The molecule has 2 aliphatic heterocycles. The first-order valence-electron chi connectivity index (χ1n) is 5.98. The number of amides is 1. The number of carbonyl (C=O) groups excluding carboxylic acids is 1. The van der Waals surface area contributed by atoms with E-state index < -0.39 is 0 Å². The zero-order valence-electron chi connectivity index (χ0n) is 9.54. The summed E-state index contributed by atoms with van der Waals surface area (Å²) in [5, 5.41) is 3.28. The van der Waals surface area contributed by atoms with E-state index in [1.165, 1.54) is 0 Å². The SMILES string of the molecule is CN1CCCN(C(=O)[C@@H]2CCCN2)CC1. The summed E-state index contributed by atoms with van der Waals surface area (Å²) in [6, 6.07) is 0.105. The van der Waals surface area contributed by atoms with E-state index in [0.717, 1.165) is 52.0 Å². The summed E-state index contributed by atoms with van der Waals surface area (Å²) < 4.78 is 0. The maximum absolute atomic E-state index is 12.1. The van der Waals surface area contributed by atoms with Gasteiger partial charge in [0, 0.05) is 19.6 Å². The second kappa shape index (κ2) is 4.94. The Morgan fingerprint density at radius 2 is 2.07 bits per heavy atom. The van der Waals surface area contributed by atoms with Gasteiger partial charge in [0.2, 0.25) is 5.91 Å². The summed E-state index contributed by atoms with van der Waals surface area (Å²) in [6.07, 6.45) is 3.27. The van der Waals surface area contributed by atoms with E-state index in [1.54, 1.807) is 0 Å². The molecule has 0 radical (unpaired) electrons. The van der Waals surface area contributed by atoms with Gasteiger partial charge in [-0.25, -0.2) is 0 Å². The summed E-state index contributed by atoms with van der Waals surface area (Å²) in [5.74, 6) is 0.322. The monoisotopic (exact) mass is 211 g/mol. The lowest BCUT2D eigenvalue weighted by Crippen LogP contribution is -2.44. The number of nitrogens with zero attached hydrogens (tertiary/aromatic N) is 2. The van der Waals surface area contributed by atoms with Gasteiger partial charge in [0.15, 0.2) is 0 Å². The van der Waals surface area contributed by atoms with Crippen LogP contribution < -0.4 is 5.32 Å². The Morgan fingerprint density at radius 1 is 1.20 bits per heavy atom. The Bertz CT molecular complexity index is 226. The number of hydrogen-bond donors (Lipinski definition) is 1. The standard InChI is InChI=1S/C11H21N3O/c1-13-6-3-7-14(9-8-13)11(15)10-4-2-5-12-10/h10,12H,2-9H2,1H3/t10-/m0/s1. The first kappa shape index (κ1) is 10.9. The third-order valence-corrected chi connectivity index (χ3v) is 3.39. The molecular weight excluding hydrogens is 190 g/mol. The minimum absolute atomic E-state index is 0.105. The molecule has 2 saturated heterocycles. The number of hydrogen-bond acceptors (Lipinski definition) is 3. The molecule has 4 heteroatoms. The van der Waals surface area contributed by atoms with Crippen LogP contribution in [0.25, 0.3) is 0 Å². The van der Waals surface area contributed by atoms with E-state index in [9.17, 15) is 4.79 Å². The molecule has 2 aliphatic rings. The van der Waals surface area contributed by atoms with Crippen LogP contribution in [0.2, 0.25) is 0 Å². The van der Waals surface area contributed by atoms with Gasteiger partial charge in [-0.15, -0.1) is 0 Å². The minimum Gasteiger partial charge on any atom is -0.340 e. The van der Waals surface area contributed by atoms with Gasteiger partial charge in [-0.3, -0.25) is 4.79 Å². The maximum atomic E-state index is 12.1. The molecule has 86 valence electrons. The van der Waals surface area contributed by atoms with Crippen LogP contribution in [0.5, 0.6) is 0 Å². The van der Waals surface area contributed by atoms with Crippen LogP contribution in [-0.4, -0.2) is 61.5 Å². The molecule has 0 aromatic heterocycles. The molecule has 1 N–H and O–H groups in total. The van der Waals surface area contributed by atoms with Crippen molar-refractivity contribution in [2.45, 2.75) is 25.3 Å². The Kier molecular flexibility index (Phi) is 3.59. The number of nitrogens with one attached hydrogen (secondary N) is 1. The molecule has 0 unspecified atom stereocenters. The van der Waals surface area contributed by atoms with Crippen molar-refractivity contribution >= 4 is 5.91 Å². The summed E-state index contributed by atoms with van der Waals surface area (Å²) in [6.45, 7) is 4.96. The van der Waals surface area contributed by atoms with E-state index in [4.69, 9.17) is 0 Å². The van der Waals surface area contributed by atoms with Gasteiger partial charge in [0.25, 0.3) is 0 Å². The smallest absolute Gasteiger partial charge is 0.239 e. The van der Waals surface area contributed by atoms with Crippen molar-refractivity contribution in [1.29, 1.82) is 0 Å². The maximum Gasteiger partial charge on any atom is 0.239 e. The minimum atomic E-state index is 0.105. The first-order chi connectivity index (χ1) is 7.27. The van der Waals surface area contributed by atoms with Crippen molar-refractivity contribution in [3.05, 3.63) is 0 Å². The average Bonchev–Trinajstić information content (AvgIpc) is 2.67. The topological polar surface area (TPSA) is 35.6 Å². The van der Waals surface area contributed by atoms with Crippen LogP contribution in [0.15, 0.2) is 0 Å². The number of carbonyl (C=O) groups is 1. The lowest BCUT2D eigenvalue weighted by atomic mass is 10.2. The van der Waals surface area contributed by atoms with Crippen molar-refractivity contribution in [2.75, 3.05) is 39.8 Å². The lowest BCUT2D eigenvalue weighted by Gasteiger charge is -2.23. The Balaban J connectivity index is 1.88. The predicted molar refractivity (Wildman–Crippen MR) is 59.7 cm³/mol. The highest BCUT2D eigenvalue weighted by Gasteiger charge is 2.27. The molecule has 0 bridgehead atoms. The van der Waals surface area contributed by atoms with Crippen LogP contribution in [0.1, 0.15) is 19.3 Å². The Morgan fingerprint density at radius 3 is 2.80 bits per heavy atom. The van der Waals surface area contributed by atoms with Crippen LogP contribution in [-0.2, 0) is 4.79 Å². The van der Waals surface area contributed by atoms with Gasteiger partial charge in [-0.2, -0.15) is 0 Å². The van der Waals surface area contributed by atoms with Crippen molar-refractivity contribution < 1.29 is 4.79 Å². The first-order valence-corrected chi connectivity index (χ1v) is 5.98. The summed E-state index contributed by atoms with van der Waals surface area (Å²) >= 11 is 0. The Hall–Kier alpha value is -0.610. The molecule has 15 heavy (non-hydrogen) atoms. The molecule has 1 amide bonds. The summed E-state index contributed by atoms with van der Waals surface area (Å²) in [7, 11) is 2.13. The molecule has 2 heterocycles. The average molecular weight is 211 g/mol. The largest absolute Gasteiger partial charge is 0.340 e. The van der Waals surface area contributed by atoms with E-state index >= 15 is 0 Å². The fourth-order valence-electron chi connectivity index (χ4n) is 2.38. The van der Waals surface area contributed by atoms with Gasteiger partial charge in [-0.1, -0.05) is 0 Å². The van der Waals surface area contributed by atoms with Crippen molar-refractivity contribution in [3.63, 3.8) is 0 Å². The quantitative estimate of drug-likeness (QED) is 0.658. The fraction of sp³-hybridized carbons (Fsp3) is 0.909. The zero-order chi connectivity index (χ0) is 10.7. The zero-order valence-corrected chi connectivity index (χ0v) is 9.54. The molecule has 0 saturated carbocycles. The number of likely N-dealkylation sites (N-methyl/N-ethyl adjacent to an activating group) is 1. The van der Waals surface area contributed by atoms with E-state index in [0.29, 0.717) is 5.91 Å². The second-order valence-corrected chi connectivity index (χ2v) is 4.63. The molecule has 0 aliphatic carbocycles. The Labute approximate surface area is 91.6 Å². The molecule has 2 rings (SSSR count). The van der Waals surface area contributed by atoms with Crippen molar-refractivity contribution in [1.82, 2.24) is 15.1 Å². The van der Waals surface area contributed by atoms with Gasteiger partial charge < -0.3 is 15.1 Å².